The number of aromatic nitrogens is 8. The first-order valence-corrected chi connectivity index (χ1v) is 35.1. The van der Waals surface area contributed by atoms with E-state index in [0.29, 0.717) is 34.0 Å². The Morgan fingerprint density at radius 1 is 0.537 bits per heavy atom. The van der Waals surface area contributed by atoms with Gasteiger partial charge in [0.25, 0.3) is 12.3 Å². The fourth-order valence-corrected chi connectivity index (χ4v) is 12.2. The van der Waals surface area contributed by atoms with E-state index >= 15 is 0 Å². The summed E-state index contributed by atoms with van der Waals surface area (Å²) in [6, 6.07) is 51.1. The van der Waals surface area contributed by atoms with Gasteiger partial charge in [-0.2, -0.15) is 20.4 Å². The second kappa shape index (κ2) is 29.3. The minimum Gasteiger partial charge on any atom is -0.354 e. The van der Waals surface area contributed by atoms with E-state index in [4.69, 9.17) is 20.6 Å². The summed E-state index contributed by atoms with van der Waals surface area (Å²) in [5, 5.41) is 43.5. The van der Waals surface area contributed by atoms with Crippen molar-refractivity contribution in [2.24, 2.45) is 20.6 Å². The molecule has 95 heavy (non-hydrogen) atoms. The van der Waals surface area contributed by atoms with Gasteiger partial charge in [0.15, 0.2) is 5.69 Å². The van der Waals surface area contributed by atoms with Crippen molar-refractivity contribution in [2.45, 2.75) is 65.5 Å². The largest absolute Gasteiger partial charge is 0.354 e. The number of carbonyl (C=O) groups is 1. The lowest BCUT2D eigenvalue weighted by Crippen LogP contribution is -2.27. The highest BCUT2D eigenvalue weighted by atomic mass is 32.2. The maximum atomic E-state index is 13.9. The number of hydrogen-bond acceptors (Lipinski definition) is 14. The van der Waals surface area contributed by atoms with E-state index in [2.05, 4.69) is 37.1 Å². The molecule has 0 saturated carbocycles. The summed E-state index contributed by atoms with van der Waals surface area (Å²) in [4.78, 5) is 12.2. The van der Waals surface area contributed by atoms with Crippen LogP contribution in [0.5, 0.6) is 0 Å². The molecule has 0 bridgehead atoms. The first kappa shape index (κ1) is 69.6. The highest BCUT2D eigenvalue weighted by Gasteiger charge is 2.24. The first-order chi connectivity index (χ1) is 45.0. The number of nitrogens with one attached hydrogen (secondary N) is 2. The summed E-state index contributed by atoms with van der Waals surface area (Å²) in [5.74, 6) is -0.308. The van der Waals surface area contributed by atoms with Gasteiger partial charge in [0.1, 0.15) is 11.5 Å². The van der Waals surface area contributed by atoms with Gasteiger partial charge in [-0.05, 0) is 179 Å². The van der Waals surface area contributed by atoms with E-state index in [1.54, 1.807) is 66.5 Å². The predicted molar refractivity (Wildman–Crippen MR) is 353 cm³/mol. The second-order valence-electron chi connectivity index (χ2n) is 21.7. The number of carbonyl (C=O) groups excluding carboxylic acids is 1. The van der Waals surface area contributed by atoms with Crippen molar-refractivity contribution >= 4 is 46.0 Å². The molecule has 0 aliphatic carbocycles. The van der Waals surface area contributed by atoms with E-state index in [9.17, 15) is 51.6 Å². The summed E-state index contributed by atoms with van der Waals surface area (Å²) in [6.07, 6.45) is 2.87. The van der Waals surface area contributed by atoms with Crippen molar-refractivity contribution < 1.29 is 51.6 Å². The number of nitrogens with two attached hydrogens (primary N) is 4. The van der Waals surface area contributed by atoms with Crippen LogP contribution in [0.25, 0.3) is 56.4 Å². The molecule has 4 aromatic heterocycles. The van der Waals surface area contributed by atoms with E-state index in [1.165, 1.54) is 101 Å². The average Bonchev–Trinajstić information content (AvgIpc) is 1.71. The van der Waals surface area contributed by atoms with Crippen molar-refractivity contribution in [2.75, 3.05) is 20.1 Å². The summed E-state index contributed by atoms with van der Waals surface area (Å²) in [5.41, 5.74) is 10.2. The minimum atomic E-state index is -3.88. The van der Waals surface area contributed by atoms with Crippen molar-refractivity contribution in [1.29, 1.82) is 0 Å². The van der Waals surface area contributed by atoms with Gasteiger partial charge in [0, 0.05) is 41.5 Å². The van der Waals surface area contributed by atoms with Crippen LogP contribution in [0, 0.1) is 26.6 Å². The number of sulfonamides is 4. The Morgan fingerprint density at radius 3 is 1.46 bits per heavy atom. The zero-order chi connectivity index (χ0) is 68.6. The molecular weight excluding hydrogens is 1310 g/mol. The van der Waals surface area contributed by atoms with E-state index < -0.39 is 58.0 Å². The molecule has 12 rings (SSSR count). The molecule has 1 aliphatic heterocycles. The normalized spacial score (nSPS) is 12.8. The van der Waals surface area contributed by atoms with Gasteiger partial charge in [0.05, 0.1) is 65.6 Å². The Balaban J connectivity index is 0.000000149. The highest BCUT2D eigenvalue weighted by Crippen LogP contribution is 2.32. The van der Waals surface area contributed by atoms with Gasteiger partial charge in [-0.3, -0.25) is 4.79 Å². The van der Waals surface area contributed by atoms with Gasteiger partial charge < -0.3 is 10.6 Å². The topological polar surface area (TPSA) is 353 Å². The number of rotatable bonds is 14. The van der Waals surface area contributed by atoms with Crippen molar-refractivity contribution in [1.82, 2.24) is 49.8 Å². The Bertz CT molecular complexity index is 4990. The monoisotopic (exact) mass is 1370 g/mol. The summed E-state index contributed by atoms with van der Waals surface area (Å²) in [7, 11) is -13.5. The van der Waals surface area contributed by atoms with Crippen LogP contribution in [0.1, 0.15) is 63.9 Å². The number of alkyl halides is 2. The number of nitrogens with zero attached hydrogens (tertiary/aromatic N) is 8. The highest BCUT2D eigenvalue weighted by molar-refractivity contribution is 7.90. The molecule has 494 valence electrons. The van der Waals surface area contributed by atoms with E-state index in [1.807, 2.05) is 79.2 Å². The van der Waals surface area contributed by atoms with Crippen molar-refractivity contribution in [3.05, 3.63) is 240 Å². The molecule has 23 nitrogen and oxygen atoms in total. The van der Waals surface area contributed by atoms with E-state index in [0.717, 1.165) is 65.4 Å². The molecule has 11 aromatic rings. The third-order valence-electron chi connectivity index (χ3n) is 14.9. The number of primary sulfonamides is 4. The quantitative estimate of drug-likeness (QED) is 0.0592. The molecule has 0 unspecified atom stereocenters. The first-order valence-electron chi connectivity index (χ1n) is 28.9. The maximum Gasteiger partial charge on any atom is 0.282 e. The molecule has 30 heteroatoms. The van der Waals surface area contributed by atoms with Crippen LogP contribution in [0.15, 0.2) is 220 Å². The lowest BCUT2D eigenvalue weighted by atomic mass is 9.94. The predicted octanol–water partition coefficient (Wildman–Crippen LogP) is 8.91. The molecule has 1 fully saturated rings. The number of benzene rings is 7. The van der Waals surface area contributed by atoms with Crippen molar-refractivity contribution in [3.8, 4) is 56.4 Å². The summed E-state index contributed by atoms with van der Waals surface area (Å²) >= 11 is 0. The average molecular weight is 1370 g/mol. The smallest absolute Gasteiger partial charge is 0.282 e. The molecule has 0 radical (unpaired) electrons. The summed E-state index contributed by atoms with van der Waals surface area (Å²) < 4.78 is 137. The molecule has 0 spiro atoms. The van der Waals surface area contributed by atoms with Gasteiger partial charge in [-0.15, -0.1) is 0 Å². The third-order valence-corrected chi connectivity index (χ3v) is 18.7. The molecule has 1 aliphatic rings. The number of aryl methyl sites for hydroxylation is 3. The van der Waals surface area contributed by atoms with Gasteiger partial charge in [0.2, 0.25) is 40.1 Å². The Morgan fingerprint density at radius 2 is 1.00 bits per heavy atom. The number of halogens is 3. The number of piperidine rings is 1. The minimum absolute atomic E-state index is 0.0122. The van der Waals surface area contributed by atoms with Crippen molar-refractivity contribution in [3.63, 3.8) is 0 Å². The molecule has 7 aromatic carbocycles. The van der Waals surface area contributed by atoms with E-state index in [-0.39, 0.29) is 36.9 Å². The van der Waals surface area contributed by atoms with Gasteiger partial charge in [-0.25, -0.2) is 86.1 Å². The fourth-order valence-electron chi connectivity index (χ4n) is 10.1. The lowest BCUT2D eigenvalue weighted by molar-refractivity contribution is 0.0958. The van der Waals surface area contributed by atoms with Crippen LogP contribution >= 0.6 is 0 Å². The molecule has 10 N–H and O–H groups in total. The van der Waals surface area contributed by atoms with Gasteiger partial charge in [-0.1, -0.05) is 72.8 Å². The standard InChI is InChI=1S/C17H14F3N3O2S.C17H16N4O3S.C16H15N3O2S.C15H20N4O2S/c1-10-2-3-11(8-14(10)18)16-9-15(17(19)20)22-23(16)12-4-6-13(7-5-12)26(21,24)25;1-19-17(22)16-15(12-5-3-2-4-6-12)11-21(20-16)13-7-9-14(10-8-13)25(18,23)24;1-12-11-18-19(16(12)13-5-3-2-4-6-13)14-7-9-15(10-8-14)22(17,20)21;1-11-10-15(12-6-8-17-9-7-12)19(18-11)13-2-4-14(5-3-13)22(16,20)21/h2-9,17H,1H3,(H2,21,24,25);2-11H,1H3,(H,19,22)(H2,18,23,24);2-11H,1H3,(H2,17,20,21);2-5,10,12,17H,6-9H2,1H3,(H2,16,20,21). The molecule has 0 atom stereocenters. The lowest BCUT2D eigenvalue weighted by Gasteiger charge is -2.23. The number of amides is 1. The maximum absolute atomic E-state index is 13.9. The second-order valence-corrected chi connectivity index (χ2v) is 27.9. The number of hydrogen-bond donors (Lipinski definition) is 6. The Kier molecular flexibility index (Phi) is 21.4. The fraction of sp³-hybridized carbons (Fsp3) is 0.154. The molecular formula is C65H65F3N14O9S4. The van der Waals surface area contributed by atoms with Crippen LogP contribution in [0.2, 0.25) is 0 Å². The van der Waals surface area contributed by atoms with Crippen LogP contribution in [-0.4, -0.2) is 98.8 Å². The molecule has 5 heterocycles. The third kappa shape index (κ3) is 17.2. The molecule has 1 amide bonds. The molecule has 1 saturated heterocycles. The summed E-state index contributed by atoms with van der Waals surface area (Å²) in [6.45, 7) is 7.58. The van der Waals surface area contributed by atoms with Crippen LogP contribution in [0.4, 0.5) is 13.2 Å². The zero-order valence-electron chi connectivity index (χ0n) is 51.4. The van der Waals surface area contributed by atoms with Crippen LogP contribution in [-0.2, 0) is 40.1 Å². The van der Waals surface area contributed by atoms with Crippen LogP contribution < -0.4 is 31.2 Å². The SMILES string of the molecule is CNC(=O)c1nn(-c2ccc(S(N)(=O)=O)cc2)cc1-c1ccccc1.Cc1cc(C2CCNCC2)n(-c2ccc(S(N)(=O)=O)cc2)n1.Cc1ccc(-c2cc(C(F)F)nn2-c2ccc(S(N)(=O)=O)cc2)cc1F.Cc1cnn(-c2ccc(S(N)(=O)=O)cc2)c1-c1ccccc1. The van der Waals surface area contributed by atoms with Gasteiger partial charge >= 0.3 is 0 Å². The zero-order valence-corrected chi connectivity index (χ0v) is 54.6. The Labute approximate surface area is 547 Å². The Hall–Kier alpha value is -9.76. The van der Waals surface area contributed by atoms with Crippen LogP contribution in [0.3, 0.4) is 0 Å².